The Morgan fingerprint density at radius 2 is 2.00 bits per heavy atom. The lowest BCUT2D eigenvalue weighted by Crippen LogP contribution is -2.46. The number of likely N-dealkylation sites (N-methyl/N-ethyl adjacent to an activating group) is 1. The molecule has 1 aliphatic heterocycles. The predicted octanol–water partition coefficient (Wildman–Crippen LogP) is 3.26. The molecule has 17 heteroatoms. The first-order valence-corrected chi connectivity index (χ1v) is 16.3. The Morgan fingerprint density at radius 1 is 1.23 bits per heavy atom. The van der Waals surface area contributed by atoms with E-state index < -0.39 is 27.1 Å². The fourth-order valence-corrected chi connectivity index (χ4v) is 8.34. The molecule has 3 rings (SSSR count). The van der Waals surface area contributed by atoms with Crippen LogP contribution in [0.5, 0.6) is 11.5 Å². The first kappa shape index (κ1) is 34.3. The van der Waals surface area contributed by atoms with Gasteiger partial charge in [-0.1, -0.05) is 6.07 Å². The number of hydrogen-bond donors (Lipinski definition) is 1. The average Bonchev–Trinajstić information content (AvgIpc) is 3.43. The zero-order chi connectivity index (χ0) is 31.6. The van der Waals surface area contributed by atoms with Crippen molar-refractivity contribution in [3.63, 3.8) is 0 Å². The van der Waals surface area contributed by atoms with Crippen molar-refractivity contribution in [2.24, 2.45) is 5.14 Å². The molecule has 1 aromatic carbocycles. The van der Waals surface area contributed by atoms with Crippen LogP contribution >= 0.6 is 23.3 Å². The molecule has 1 unspecified atom stereocenters. The summed E-state index contributed by atoms with van der Waals surface area (Å²) in [5, 5.41) is 15.0. The molecule has 0 saturated carbocycles. The number of amides is 1. The average molecular weight is 659 g/mol. The van der Waals surface area contributed by atoms with Crippen molar-refractivity contribution in [1.82, 2.24) is 9.21 Å². The summed E-state index contributed by atoms with van der Waals surface area (Å²) >= 11 is 2.05. The Bertz CT molecular complexity index is 1430. The zero-order valence-electron chi connectivity index (χ0n) is 23.9. The van der Waals surface area contributed by atoms with Crippen molar-refractivity contribution < 1.29 is 42.1 Å². The van der Waals surface area contributed by atoms with Gasteiger partial charge in [-0.05, 0) is 61.6 Å². The van der Waals surface area contributed by atoms with E-state index in [0.717, 1.165) is 23.3 Å². The van der Waals surface area contributed by atoms with Crippen molar-refractivity contribution in [3.05, 3.63) is 51.6 Å². The fraction of sp³-hybridized carbons (Fsp3) is 0.462. The maximum Gasteiger partial charge on any atom is 0.311 e. The molecule has 2 heterocycles. The smallest absolute Gasteiger partial charge is 0.311 e. The molecule has 0 aliphatic carbocycles. The Morgan fingerprint density at radius 3 is 2.65 bits per heavy atom. The van der Waals surface area contributed by atoms with Crippen LogP contribution in [0.15, 0.2) is 38.8 Å². The number of thiophene rings is 1. The van der Waals surface area contributed by atoms with Crippen LogP contribution in [0.25, 0.3) is 6.08 Å². The van der Waals surface area contributed by atoms with E-state index in [1.807, 2.05) is 6.92 Å². The van der Waals surface area contributed by atoms with Crippen LogP contribution in [0.1, 0.15) is 43.4 Å². The Labute approximate surface area is 258 Å². The molecular formula is C26H34N4O10S3. The zero-order valence-corrected chi connectivity index (χ0v) is 26.4. The van der Waals surface area contributed by atoms with E-state index in [4.69, 9.17) is 19.3 Å². The largest absolute Gasteiger partial charge is 0.493 e. The molecule has 2 aromatic rings. The highest BCUT2D eigenvalue weighted by Gasteiger charge is 2.41. The molecule has 0 radical (unpaired) electrons. The van der Waals surface area contributed by atoms with E-state index in [-0.39, 0.29) is 54.2 Å². The lowest BCUT2D eigenvalue weighted by Gasteiger charge is -2.38. The summed E-state index contributed by atoms with van der Waals surface area (Å²) < 4.78 is 44.7. The van der Waals surface area contributed by atoms with Crippen LogP contribution in [0.3, 0.4) is 0 Å². The summed E-state index contributed by atoms with van der Waals surface area (Å²) in [6.07, 6.45) is 3.49. The van der Waals surface area contributed by atoms with Crippen molar-refractivity contribution in [2.45, 2.75) is 40.6 Å². The topological polar surface area (TPSA) is 181 Å². The number of nitrogens with two attached hydrogens (primary N) is 1. The third-order valence-corrected chi connectivity index (χ3v) is 10.7. The van der Waals surface area contributed by atoms with Crippen molar-refractivity contribution in [3.8, 4) is 11.5 Å². The van der Waals surface area contributed by atoms with Gasteiger partial charge in [0.05, 0.1) is 24.0 Å². The van der Waals surface area contributed by atoms with Gasteiger partial charge in [0.1, 0.15) is 4.21 Å². The van der Waals surface area contributed by atoms with E-state index in [1.54, 1.807) is 36.3 Å². The summed E-state index contributed by atoms with van der Waals surface area (Å²) in [5.41, 5.74) is 1.13. The second-order valence-electron chi connectivity index (χ2n) is 9.15. The van der Waals surface area contributed by atoms with E-state index >= 15 is 0 Å². The number of carbonyl (C=O) groups is 2. The van der Waals surface area contributed by atoms with Crippen molar-refractivity contribution in [1.29, 1.82) is 0 Å². The summed E-state index contributed by atoms with van der Waals surface area (Å²) in [4.78, 5) is 41.6. The van der Waals surface area contributed by atoms with Crippen molar-refractivity contribution >= 4 is 51.3 Å². The molecule has 0 spiro atoms. The van der Waals surface area contributed by atoms with Gasteiger partial charge in [-0.2, -0.15) is 4.31 Å². The third kappa shape index (κ3) is 8.90. The number of esters is 1. The summed E-state index contributed by atoms with van der Waals surface area (Å²) in [6, 6.07) is 5.95. The predicted molar refractivity (Wildman–Crippen MR) is 160 cm³/mol. The van der Waals surface area contributed by atoms with Gasteiger partial charge in [-0.25, -0.2) is 8.42 Å². The lowest BCUT2D eigenvalue weighted by molar-refractivity contribution is -0.757. The highest BCUT2D eigenvalue weighted by molar-refractivity contribution is 7.99. The van der Waals surface area contributed by atoms with Gasteiger partial charge in [0.25, 0.3) is 15.1 Å². The second kappa shape index (κ2) is 16.0. The highest BCUT2D eigenvalue weighted by atomic mass is 32.3. The minimum absolute atomic E-state index is 0.0937. The molecule has 1 aromatic heterocycles. The fourth-order valence-electron chi connectivity index (χ4n) is 4.42. The van der Waals surface area contributed by atoms with E-state index in [1.165, 1.54) is 23.6 Å². The highest BCUT2D eigenvalue weighted by Crippen LogP contribution is 2.43. The van der Waals surface area contributed by atoms with Gasteiger partial charge in [-0.15, -0.1) is 21.5 Å². The number of fused-ring (bicyclic) bond motifs is 1. The monoisotopic (exact) mass is 658 g/mol. The second-order valence-corrected chi connectivity index (χ2v) is 13.3. The molecule has 14 nitrogen and oxygen atoms in total. The summed E-state index contributed by atoms with van der Waals surface area (Å²) in [6.45, 7) is 2.67. The van der Waals surface area contributed by atoms with Gasteiger partial charge in [-0.3, -0.25) is 14.7 Å². The number of nitrogens with zero attached hydrogens (tertiary/aromatic N) is 3. The molecule has 0 saturated heterocycles. The number of benzene rings is 1. The van der Waals surface area contributed by atoms with Crippen molar-refractivity contribution in [2.75, 3.05) is 47.1 Å². The van der Waals surface area contributed by atoms with Gasteiger partial charge in [0.15, 0.2) is 11.5 Å². The number of hydrogen-bond acceptors (Lipinski definition) is 13. The molecule has 2 N–H and O–H groups in total. The molecule has 1 aliphatic rings. The molecule has 43 heavy (non-hydrogen) atoms. The molecule has 0 bridgehead atoms. The third-order valence-electron chi connectivity index (χ3n) is 6.44. The number of carbonyl (C=O) groups excluding carboxylic acids is 2. The van der Waals surface area contributed by atoms with Gasteiger partial charge >= 0.3 is 5.97 Å². The van der Waals surface area contributed by atoms with Crippen LogP contribution < -0.4 is 14.6 Å². The molecule has 1 amide bonds. The summed E-state index contributed by atoms with van der Waals surface area (Å²) in [7, 11) is -0.799. The Balaban J connectivity index is 1.77. The SMILES string of the molecule is CCN(C(=O)/C=C/c1ccc(OC(=O)CCCO[N+](=O)[O-])c(OC)c1)C1CN(CCCOC)S(=O)(=O)c2sc(SN)cc21. The Kier molecular flexibility index (Phi) is 12.8. The normalized spacial score (nSPS) is 16.0. The number of ether oxygens (including phenoxy) is 3. The number of rotatable bonds is 16. The van der Waals surface area contributed by atoms with Crippen LogP contribution in [0, 0.1) is 10.1 Å². The first-order valence-electron chi connectivity index (χ1n) is 13.2. The molecule has 236 valence electrons. The van der Waals surface area contributed by atoms with Gasteiger partial charge in [0, 0.05) is 51.4 Å². The van der Waals surface area contributed by atoms with E-state index in [9.17, 15) is 28.1 Å². The van der Waals surface area contributed by atoms with Gasteiger partial charge in [0.2, 0.25) is 5.91 Å². The maximum atomic E-state index is 13.5. The molecule has 0 fully saturated rings. The van der Waals surface area contributed by atoms with Crippen LogP contribution in [0.2, 0.25) is 0 Å². The number of sulfonamides is 1. The van der Waals surface area contributed by atoms with Crippen LogP contribution in [-0.2, 0) is 29.2 Å². The quantitative estimate of drug-likeness (QED) is 0.0530. The minimum Gasteiger partial charge on any atom is -0.493 e. The van der Waals surface area contributed by atoms with E-state index in [2.05, 4.69) is 4.84 Å². The maximum absolute atomic E-state index is 13.5. The first-order chi connectivity index (χ1) is 20.5. The summed E-state index contributed by atoms with van der Waals surface area (Å²) in [5.74, 6) is -0.543. The standard InChI is InChI=1S/C26H34N4O10S3/c1-4-29(20-17-28(12-6-13-37-2)43(35,36)26-19(20)16-25(41-26)42-27)23(31)11-9-18-8-10-21(22(15-18)38-3)40-24(32)7-5-14-39-30(33)34/h8-11,15-16,20H,4-7,12-14,17,27H2,1-3H3/b11-9+. The minimum atomic E-state index is -3.75. The lowest BCUT2D eigenvalue weighted by atomic mass is 10.1. The van der Waals surface area contributed by atoms with Gasteiger partial charge < -0.3 is 23.9 Å². The number of methoxy groups -OCH3 is 2. The molecule has 1 atom stereocenters. The Hall–Kier alpha value is -3.22. The van der Waals surface area contributed by atoms with Crippen LogP contribution in [0.4, 0.5) is 0 Å². The van der Waals surface area contributed by atoms with Crippen LogP contribution in [-0.4, -0.2) is 81.7 Å². The molecular weight excluding hydrogens is 625 g/mol. The van der Waals surface area contributed by atoms with E-state index in [0.29, 0.717) is 34.9 Å².